The molecule has 2 aromatic carbocycles. The largest absolute Gasteiger partial charge is 0.368 e. The Morgan fingerprint density at radius 2 is 1.61 bits per heavy atom. The van der Waals surface area contributed by atoms with Gasteiger partial charge in [0.05, 0.1) is 21.8 Å². The fraction of sp³-hybridized carbons (Fsp3) is 0.417. The zero-order valence-corrected chi connectivity index (χ0v) is 18.4. The standard InChI is InChI=1S/C24H27ClFN3O2/c1-2-17-6-5-9-21(22(17)25)28-14-12-27(13-15-28)16-18(26)10-11-29-23(30)19-7-3-4-8-20(19)24(29)31/h3-9,18H,2,10-16H2,1H3. The lowest BCUT2D eigenvalue weighted by Crippen LogP contribution is -2.48. The van der Waals surface area contributed by atoms with Gasteiger partial charge >= 0.3 is 0 Å². The van der Waals surface area contributed by atoms with Gasteiger partial charge in [0.1, 0.15) is 6.17 Å². The second-order valence-electron chi connectivity index (χ2n) is 8.08. The van der Waals surface area contributed by atoms with Gasteiger partial charge in [0.2, 0.25) is 0 Å². The zero-order valence-electron chi connectivity index (χ0n) is 17.7. The van der Waals surface area contributed by atoms with E-state index in [1.165, 1.54) is 0 Å². The summed E-state index contributed by atoms with van der Waals surface area (Å²) in [5.74, 6) is -0.653. The van der Waals surface area contributed by atoms with Crippen molar-refractivity contribution in [2.75, 3.05) is 44.2 Å². The Kier molecular flexibility index (Phi) is 6.58. The molecule has 164 valence electrons. The molecule has 0 aliphatic carbocycles. The van der Waals surface area contributed by atoms with E-state index in [0.717, 1.165) is 53.8 Å². The number of piperazine rings is 1. The molecule has 1 fully saturated rings. The minimum absolute atomic E-state index is 0.104. The summed E-state index contributed by atoms with van der Waals surface area (Å²) < 4.78 is 14.7. The van der Waals surface area contributed by atoms with Crippen LogP contribution in [-0.4, -0.2) is 67.1 Å². The highest BCUT2D eigenvalue weighted by Gasteiger charge is 2.35. The number of nitrogens with zero attached hydrogens (tertiary/aromatic N) is 3. The number of anilines is 1. The van der Waals surface area contributed by atoms with E-state index in [9.17, 15) is 14.0 Å². The van der Waals surface area contributed by atoms with Crippen molar-refractivity contribution in [3.05, 3.63) is 64.2 Å². The maximum atomic E-state index is 14.7. The van der Waals surface area contributed by atoms with Crippen molar-refractivity contribution >= 4 is 29.1 Å². The van der Waals surface area contributed by atoms with Crippen molar-refractivity contribution in [1.82, 2.24) is 9.80 Å². The van der Waals surface area contributed by atoms with E-state index < -0.39 is 6.17 Å². The van der Waals surface area contributed by atoms with Crippen molar-refractivity contribution in [3.63, 3.8) is 0 Å². The minimum Gasteiger partial charge on any atom is -0.368 e. The van der Waals surface area contributed by atoms with Crippen LogP contribution >= 0.6 is 11.6 Å². The van der Waals surface area contributed by atoms with Gasteiger partial charge in [0, 0.05) is 39.3 Å². The molecule has 0 spiro atoms. The molecule has 2 amide bonds. The van der Waals surface area contributed by atoms with Gasteiger partial charge in [0.15, 0.2) is 0 Å². The molecule has 31 heavy (non-hydrogen) atoms. The number of alkyl halides is 1. The highest BCUT2D eigenvalue weighted by atomic mass is 35.5. The van der Waals surface area contributed by atoms with Gasteiger partial charge in [-0.3, -0.25) is 19.4 Å². The maximum absolute atomic E-state index is 14.7. The van der Waals surface area contributed by atoms with Crippen LogP contribution < -0.4 is 4.90 Å². The second-order valence-corrected chi connectivity index (χ2v) is 8.46. The number of rotatable bonds is 7. The SMILES string of the molecule is CCc1cccc(N2CCN(CC(F)CCN3C(=O)c4ccccc4C3=O)CC2)c1Cl. The van der Waals surface area contributed by atoms with Crippen LogP contribution in [0.15, 0.2) is 42.5 Å². The van der Waals surface area contributed by atoms with Crippen molar-refractivity contribution < 1.29 is 14.0 Å². The van der Waals surface area contributed by atoms with Crippen LogP contribution in [0.3, 0.4) is 0 Å². The first-order valence-corrected chi connectivity index (χ1v) is 11.2. The number of hydrogen-bond acceptors (Lipinski definition) is 4. The number of carbonyl (C=O) groups excluding carboxylic acids is 2. The first-order valence-electron chi connectivity index (χ1n) is 10.8. The molecule has 2 aromatic rings. The maximum Gasteiger partial charge on any atom is 0.261 e. The summed E-state index contributed by atoms with van der Waals surface area (Å²) in [4.78, 5) is 30.3. The van der Waals surface area contributed by atoms with E-state index in [-0.39, 0.29) is 24.8 Å². The van der Waals surface area contributed by atoms with Crippen molar-refractivity contribution in [3.8, 4) is 0 Å². The quantitative estimate of drug-likeness (QED) is 0.605. The Labute approximate surface area is 187 Å². The summed E-state index contributed by atoms with van der Waals surface area (Å²) in [6.07, 6.45) is -0.0536. The lowest BCUT2D eigenvalue weighted by molar-refractivity contribution is 0.0635. The molecule has 2 aliphatic rings. The molecule has 5 nitrogen and oxygen atoms in total. The fourth-order valence-electron chi connectivity index (χ4n) is 4.34. The monoisotopic (exact) mass is 443 g/mol. The van der Waals surface area contributed by atoms with E-state index in [1.807, 2.05) is 18.2 Å². The Hall–Kier alpha value is -2.44. The highest BCUT2D eigenvalue weighted by Crippen LogP contribution is 2.30. The van der Waals surface area contributed by atoms with Crippen LogP contribution in [0.2, 0.25) is 5.02 Å². The lowest BCUT2D eigenvalue weighted by Gasteiger charge is -2.37. The number of aryl methyl sites for hydroxylation is 1. The van der Waals surface area contributed by atoms with Gasteiger partial charge in [-0.2, -0.15) is 0 Å². The van der Waals surface area contributed by atoms with Crippen LogP contribution in [0.5, 0.6) is 0 Å². The molecular weight excluding hydrogens is 417 g/mol. The van der Waals surface area contributed by atoms with Crippen LogP contribution in [0.1, 0.15) is 39.6 Å². The summed E-state index contributed by atoms with van der Waals surface area (Å²) in [6, 6.07) is 12.9. The van der Waals surface area contributed by atoms with Crippen LogP contribution in [0, 0.1) is 0 Å². The van der Waals surface area contributed by atoms with Crippen LogP contribution in [-0.2, 0) is 6.42 Å². The molecule has 0 aromatic heterocycles. The lowest BCUT2D eigenvalue weighted by atomic mass is 10.1. The number of fused-ring (bicyclic) bond motifs is 1. The van der Waals surface area contributed by atoms with Gasteiger partial charge in [0.25, 0.3) is 11.8 Å². The molecule has 0 bridgehead atoms. The Bertz CT molecular complexity index is 940. The topological polar surface area (TPSA) is 43.9 Å². The third-order valence-electron chi connectivity index (χ3n) is 6.15. The molecular formula is C24H27ClFN3O2. The average Bonchev–Trinajstić information content (AvgIpc) is 3.03. The second kappa shape index (κ2) is 9.37. The first-order chi connectivity index (χ1) is 15.0. The van der Waals surface area contributed by atoms with Gasteiger partial charge in [-0.1, -0.05) is 42.8 Å². The predicted octanol–water partition coefficient (Wildman–Crippen LogP) is 4.05. The number of imide groups is 1. The molecule has 1 unspecified atom stereocenters. The molecule has 0 radical (unpaired) electrons. The molecule has 1 saturated heterocycles. The molecule has 1 atom stereocenters. The third-order valence-corrected chi connectivity index (χ3v) is 6.59. The summed E-state index contributed by atoms with van der Waals surface area (Å²) >= 11 is 6.55. The third kappa shape index (κ3) is 4.46. The van der Waals surface area contributed by atoms with Crippen LogP contribution in [0.25, 0.3) is 0 Å². The van der Waals surface area contributed by atoms with Gasteiger partial charge < -0.3 is 4.90 Å². The Balaban J connectivity index is 1.26. The molecule has 4 rings (SSSR count). The number of carbonyl (C=O) groups is 2. The molecule has 0 saturated carbocycles. The summed E-state index contributed by atoms with van der Waals surface area (Å²) in [5, 5.41) is 0.808. The number of halogens is 2. The van der Waals surface area contributed by atoms with E-state index in [2.05, 4.69) is 16.7 Å². The van der Waals surface area contributed by atoms with Gasteiger partial charge in [-0.25, -0.2) is 4.39 Å². The van der Waals surface area contributed by atoms with E-state index >= 15 is 0 Å². The zero-order chi connectivity index (χ0) is 22.0. The average molecular weight is 444 g/mol. The minimum atomic E-state index is -1.09. The highest BCUT2D eigenvalue weighted by molar-refractivity contribution is 6.34. The number of amides is 2. The number of hydrogen-bond donors (Lipinski definition) is 0. The van der Waals surface area contributed by atoms with E-state index in [1.54, 1.807) is 24.3 Å². The van der Waals surface area contributed by atoms with E-state index in [0.29, 0.717) is 17.7 Å². The summed E-state index contributed by atoms with van der Waals surface area (Å²) in [5.41, 5.74) is 3.00. The van der Waals surface area contributed by atoms with Gasteiger partial charge in [-0.15, -0.1) is 0 Å². The Morgan fingerprint density at radius 1 is 0.968 bits per heavy atom. The Morgan fingerprint density at radius 3 is 2.23 bits per heavy atom. The molecule has 0 N–H and O–H groups in total. The van der Waals surface area contributed by atoms with Crippen molar-refractivity contribution in [2.24, 2.45) is 0 Å². The van der Waals surface area contributed by atoms with Crippen molar-refractivity contribution in [2.45, 2.75) is 25.9 Å². The molecule has 2 heterocycles. The normalized spacial score (nSPS) is 17.9. The van der Waals surface area contributed by atoms with Crippen LogP contribution in [0.4, 0.5) is 10.1 Å². The number of benzene rings is 2. The molecule has 2 aliphatic heterocycles. The van der Waals surface area contributed by atoms with Crippen molar-refractivity contribution in [1.29, 1.82) is 0 Å². The van der Waals surface area contributed by atoms with E-state index in [4.69, 9.17) is 11.6 Å². The summed E-state index contributed by atoms with van der Waals surface area (Å²) in [7, 11) is 0. The predicted molar refractivity (Wildman–Crippen MR) is 121 cm³/mol. The molecule has 7 heteroatoms. The summed E-state index contributed by atoms with van der Waals surface area (Å²) in [6.45, 7) is 5.58. The first kappa shape index (κ1) is 21.8. The fourth-order valence-corrected chi connectivity index (χ4v) is 4.72. The van der Waals surface area contributed by atoms with Gasteiger partial charge in [-0.05, 0) is 36.6 Å². The smallest absolute Gasteiger partial charge is 0.261 e.